The summed E-state index contributed by atoms with van der Waals surface area (Å²) in [6.45, 7) is 5.51. The molecule has 1 saturated heterocycles. The molecule has 2 atom stereocenters. The summed E-state index contributed by atoms with van der Waals surface area (Å²) < 4.78 is 7.88. The average molecular weight is 336 g/mol. The van der Waals surface area contributed by atoms with Crippen LogP contribution in [0.2, 0.25) is 5.02 Å². The highest BCUT2D eigenvalue weighted by Crippen LogP contribution is 2.30. The van der Waals surface area contributed by atoms with E-state index in [1.54, 1.807) is 12.4 Å². The summed E-state index contributed by atoms with van der Waals surface area (Å²) in [7, 11) is 1.94. The van der Waals surface area contributed by atoms with Gasteiger partial charge in [-0.1, -0.05) is 18.5 Å². The Hall–Kier alpha value is -1.63. The van der Waals surface area contributed by atoms with Crippen molar-refractivity contribution in [2.75, 3.05) is 31.6 Å². The van der Waals surface area contributed by atoms with E-state index in [0.717, 1.165) is 25.4 Å². The van der Waals surface area contributed by atoms with Gasteiger partial charge < -0.3 is 10.1 Å². The number of morpholine rings is 1. The van der Waals surface area contributed by atoms with Crippen LogP contribution in [0.3, 0.4) is 0 Å². The SMILES string of the molecule is CCN1CCO[C@@H](CNc2ccncc2Cl)[C@@H]1c1cnn(C)c1. The molecule has 0 spiro atoms. The molecule has 0 saturated carbocycles. The molecule has 1 N–H and O–H groups in total. The third-order valence-electron chi connectivity index (χ3n) is 4.19. The number of ether oxygens (including phenoxy) is 1. The summed E-state index contributed by atoms with van der Waals surface area (Å²) in [6.07, 6.45) is 7.40. The number of nitrogens with zero attached hydrogens (tertiary/aromatic N) is 4. The van der Waals surface area contributed by atoms with Crippen LogP contribution in [-0.4, -0.2) is 52.0 Å². The molecular weight excluding hydrogens is 314 g/mol. The molecule has 2 aromatic rings. The fraction of sp³-hybridized carbons (Fsp3) is 0.500. The van der Waals surface area contributed by atoms with E-state index in [1.165, 1.54) is 5.56 Å². The number of anilines is 1. The highest BCUT2D eigenvalue weighted by molar-refractivity contribution is 6.33. The van der Waals surface area contributed by atoms with Crippen LogP contribution in [0.15, 0.2) is 30.9 Å². The third-order valence-corrected chi connectivity index (χ3v) is 4.50. The van der Waals surface area contributed by atoms with E-state index in [4.69, 9.17) is 16.3 Å². The summed E-state index contributed by atoms with van der Waals surface area (Å²) in [5.74, 6) is 0. The van der Waals surface area contributed by atoms with E-state index in [1.807, 2.05) is 24.0 Å². The molecule has 2 aromatic heterocycles. The van der Waals surface area contributed by atoms with E-state index >= 15 is 0 Å². The summed E-state index contributed by atoms with van der Waals surface area (Å²) in [6, 6.07) is 2.07. The van der Waals surface area contributed by atoms with Gasteiger partial charge in [0.1, 0.15) is 0 Å². The van der Waals surface area contributed by atoms with Crippen LogP contribution >= 0.6 is 11.6 Å². The smallest absolute Gasteiger partial charge is 0.0945 e. The number of nitrogens with one attached hydrogen (secondary N) is 1. The molecule has 1 aliphatic heterocycles. The maximum Gasteiger partial charge on any atom is 0.0945 e. The lowest BCUT2D eigenvalue weighted by Crippen LogP contribution is -2.47. The molecule has 0 radical (unpaired) electrons. The molecule has 0 aliphatic carbocycles. The number of pyridine rings is 1. The number of hydrogen-bond acceptors (Lipinski definition) is 5. The van der Waals surface area contributed by atoms with Crippen molar-refractivity contribution in [3.8, 4) is 0 Å². The van der Waals surface area contributed by atoms with Crippen LogP contribution < -0.4 is 5.32 Å². The molecule has 23 heavy (non-hydrogen) atoms. The third kappa shape index (κ3) is 3.65. The molecule has 7 heteroatoms. The maximum atomic E-state index is 6.17. The number of aromatic nitrogens is 3. The lowest BCUT2D eigenvalue weighted by atomic mass is 10.0. The van der Waals surface area contributed by atoms with Gasteiger partial charge >= 0.3 is 0 Å². The second-order valence-electron chi connectivity index (χ2n) is 5.67. The van der Waals surface area contributed by atoms with Gasteiger partial charge in [-0.05, 0) is 12.6 Å². The van der Waals surface area contributed by atoms with Crippen molar-refractivity contribution in [3.63, 3.8) is 0 Å². The zero-order chi connectivity index (χ0) is 16.2. The zero-order valence-electron chi connectivity index (χ0n) is 13.4. The minimum atomic E-state index is 0.0390. The van der Waals surface area contributed by atoms with Crippen LogP contribution in [-0.2, 0) is 11.8 Å². The van der Waals surface area contributed by atoms with Crippen LogP contribution in [0.1, 0.15) is 18.5 Å². The monoisotopic (exact) mass is 335 g/mol. The van der Waals surface area contributed by atoms with Gasteiger partial charge in [-0.25, -0.2) is 0 Å². The van der Waals surface area contributed by atoms with Gasteiger partial charge in [-0.15, -0.1) is 0 Å². The summed E-state index contributed by atoms with van der Waals surface area (Å²) in [4.78, 5) is 6.44. The topological polar surface area (TPSA) is 55.2 Å². The first-order chi connectivity index (χ1) is 11.2. The van der Waals surface area contributed by atoms with Crippen LogP contribution in [0.25, 0.3) is 0 Å². The molecule has 3 heterocycles. The number of rotatable bonds is 5. The Labute approximate surface area is 141 Å². The van der Waals surface area contributed by atoms with Crippen molar-refractivity contribution < 1.29 is 4.74 Å². The highest BCUT2D eigenvalue weighted by atomic mass is 35.5. The number of hydrogen-bond donors (Lipinski definition) is 1. The van der Waals surface area contributed by atoms with E-state index in [2.05, 4.69) is 33.4 Å². The van der Waals surface area contributed by atoms with Gasteiger partial charge in [0.2, 0.25) is 0 Å². The molecule has 3 rings (SSSR count). The first-order valence-corrected chi connectivity index (χ1v) is 8.24. The van der Waals surface area contributed by atoms with Crippen LogP contribution in [0.5, 0.6) is 0 Å². The molecule has 1 fully saturated rings. The van der Waals surface area contributed by atoms with Crippen molar-refractivity contribution in [2.24, 2.45) is 7.05 Å². The highest BCUT2D eigenvalue weighted by Gasteiger charge is 2.33. The maximum absolute atomic E-state index is 6.17. The Kier molecular flexibility index (Phi) is 5.15. The van der Waals surface area contributed by atoms with Gasteiger partial charge in [-0.2, -0.15) is 5.10 Å². The van der Waals surface area contributed by atoms with Crippen molar-refractivity contribution in [3.05, 3.63) is 41.4 Å². The fourth-order valence-corrected chi connectivity index (χ4v) is 3.25. The van der Waals surface area contributed by atoms with Crippen LogP contribution in [0, 0.1) is 0 Å². The first-order valence-electron chi connectivity index (χ1n) is 7.86. The predicted octanol–water partition coefficient (Wildman–Crippen LogP) is 2.34. The summed E-state index contributed by atoms with van der Waals surface area (Å²) in [5.41, 5.74) is 2.06. The number of halogens is 1. The van der Waals surface area contributed by atoms with Gasteiger partial charge in [0.05, 0.1) is 35.7 Å². The Bertz CT molecular complexity index is 647. The van der Waals surface area contributed by atoms with Crippen LogP contribution in [0.4, 0.5) is 5.69 Å². The fourth-order valence-electron chi connectivity index (χ4n) is 3.06. The Morgan fingerprint density at radius 2 is 2.30 bits per heavy atom. The normalized spacial score (nSPS) is 22.2. The molecule has 6 nitrogen and oxygen atoms in total. The lowest BCUT2D eigenvalue weighted by molar-refractivity contribution is -0.0639. The first kappa shape index (κ1) is 16.2. The molecule has 0 amide bonds. The molecule has 0 unspecified atom stereocenters. The predicted molar refractivity (Wildman–Crippen MR) is 90.7 cm³/mol. The van der Waals surface area contributed by atoms with Crippen molar-refractivity contribution in [2.45, 2.75) is 19.1 Å². The van der Waals surface area contributed by atoms with Gasteiger partial charge in [0, 0.05) is 44.3 Å². The second-order valence-corrected chi connectivity index (χ2v) is 6.07. The van der Waals surface area contributed by atoms with Gasteiger partial charge in [0.15, 0.2) is 0 Å². The van der Waals surface area contributed by atoms with E-state index in [0.29, 0.717) is 11.6 Å². The Balaban J connectivity index is 1.76. The second kappa shape index (κ2) is 7.29. The van der Waals surface area contributed by atoms with Crippen molar-refractivity contribution in [1.82, 2.24) is 19.7 Å². The largest absolute Gasteiger partial charge is 0.381 e. The van der Waals surface area contributed by atoms with Gasteiger partial charge in [-0.3, -0.25) is 14.6 Å². The molecule has 124 valence electrons. The molecular formula is C16H22ClN5O. The average Bonchev–Trinajstić information content (AvgIpc) is 2.99. The molecule has 0 bridgehead atoms. The van der Waals surface area contributed by atoms with E-state index in [9.17, 15) is 0 Å². The number of aryl methyl sites for hydroxylation is 1. The number of likely N-dealkylation sites (N-methyl/N-ethyl adjacent to an activating group) is 1. The quantitative estimate of drug-likeness (QED) is 0.909. The zero-order valence-corrected chi connectivity index (χ0v) is 14.2. The Morgan fingerprint density at radius 3 is 3.00 bits per heavy atom. The summed E-state index contributed by atoms with van der Waals surface area (Å²) >= 11 is 6.17. The minimum Gasteiger partial charge on any atom is -0.381 e. The van der Waals surface area contributed by atoms with Gasteiger partial charge in [0.25, 0.3) is 0 Å². The van der Waals surface area contributed by atoms with Crippen molar-refractivity contribution in [1.29, 1.82) is 0 Å². The van der Waals surface area contributed by atoms with E-state index < -0.39 is 0 Å². The minimum absolute atomic E-state index is 0.0390. The van der Waals surface area contributed by atoms with E-state index in [-0.39, 0.29) is 12.1 Å². The lowest BCUT2D eigenvalue weighted by Gasteiger charge is -2.40. The standard InChI is InChI=1S/C16H22ClN5O/c1-3-22-6-7-23-15(16(22)12-8-20-21(2)11-12)10-19-14-4-5-18-9-13(14)17/h4-5,8-9,11,15-16H,3,6-7,10H2,1-2H3,(H,18,19)/t15-,16-/m0/s1. The molecule has 0 aromatic carbocycles. The summed E-state index contributed by atoms with van der Waals surface area (Å²) in [5, 5.41) is 8.31. The van der Waals surface area contributed by atoms with Crippen molar-refractivity contribution >= 4 is 17.3 Å². The molecule has 1 aliphatic rings. The Morgan fingerprint density at radius 1 is 1.43 bits per heavy atom.